The van der Waals surface area contributed by atoms with Crippen molar-refractivity contribution in [3.63, 3.8) is 0 Å². The molecule has 342 valence electrons. The van der Waals surface area contributed by atoms with Gasteiger partial charge in [-0.25, -0.2) is 4.57 Å². The Kier molecular flexibility index (Phi) is 43.5. The monoisotopic (exact) mass is 859 g/mol. The zero-order valence-corrected chi connectivity index (χ0v) is 38.3. The Morgan fingerprint density at radius 1 is 0.517 bits per heavy atom. The molecule has 10 heteroatoms. The highest BCUT2D eigenvalue weighted by Gasteiger charge is 2.26. The SMILES string of the molecule is CC/C=C\C/C=C\C/C=C\C/C=C\C/C=C\CCCCCCCCCCOCC(COP(=O)(O)OCC(O)CO)OC(=O)CCCC/C=C\C/C=C\C/C=C\C/C=C\CC. The minimum Gasteiger partial charge on any atom is -0.457 e. The van der Waals surface area contributed by atoms with Gasteiger partial charge in [0, 0.05) is 13.0 Å². The summed E-state index contributed by atoms with van der Waals surface area (Å²) in [6.07, 6.45) is 59.1. The second-order valence-corrected chi connectivity index (χ2v) is 16.1. The van der Waals surface area contributed by atoms with Crippen LogP contribution in [0, 0.1) is 0 Å². The molecular formula is C50H83O9P. The van der Waals surface area contributed by atoms with Gasteiger partial charge in [-0.05, 0) is 96.3 Å². The number of rotatable bonds is 42. The second kappa shape index (κ2) is 45.6. The molecule has 0 aliphatic heterocycles. The molecular weight excluding hydrogens is 776 g/mol. The maximum atomic E-state index is 12.6. The van der Waals surface area contributed by atoms with Crippen LogP contribution in [0.5, 0.6) is 0 Å². The van der Waals surface area contributed by atoms with Gasteiger partial charge in [0.1, 0.15) is 12.2 Å². The summed E-state index contributed by atoms with van der Waals surface area (Å²) in [5.41, 5.74) is 0. The molecule has 60 heavy (non-hydrogen) atoms. The van der Waals surface area contributed by atoms with E-state index in [1.807, 2.05) is 0 Å². The number of phosphoric ester groups is 1. The highest BCUT2D eigenvalue weighted by molar-refractivity contribution is 7.47. The van der Waals surface area contributed by atoms with E-state index in [0.29, 0.717) is 13.0 Å². The summed E-state index contributed by atoms with van der Waals surface area (Å²) in [5, 5.41) is 18.4. The topological polar surface area (TPSA) is 132 Å². The normalized spacial score (nSPS) is 14.9. The van der Waals surface area contributed by atoms with Crippen LogP contribution in [0.4, 0.5) is 0 Å². The van der Waals surface area contributed by atoms with E-state index in [0.717, 1.165) is 96.3 Å². The molecule has 0 saturated carbocycles. The lowest BCUT2D eigenvalue weighted by atomic mass is 10.1. The third-order valence-corrected chi connectivity index (χ3v) is 9.90. The van der Waals surface area contributed by atoms with Crippen molar-refractivity contribution in [2.24, 2.45) is 0 Å². The average molecular weight is 859 g/mol. The van der Waals surface area contributed by atoms with E-state index in [2.05, 4.69) is 123 Å². The van der Waals surface area contributed by atoms with E-state index >= 15 is 0 Å². The number of aliphatic hydroxyl groups is 2. The Morgan fingerprint density at radius 2 is 0.900 bits per heavy atom. The Balaban J connectivity index is 4.21. The van der Waals surface area contributed by atoms with Gasteiger partial charge in [0.2, 0.25) is 0 Å². The number of hydrogen-bond acceptors (Lipinski definition) is 8. The molecule has 0 aromatic carbocycles. The van der Waals surface area contributed by atoms with Gasteiger partial charge in [-0.3, -0.25) is 13.8 Å². The van der Waals surface area contributed by atoms with Crippen LogP contribution in [-0.4, -0.2) is 66.3 Å². The zero-order valence-electron chi connectivity index (χ0n) is 37.4. The predicted molar refractivity (Wildman–Crippen MR) is 251 cm³/mol. The van der Waals surface area contributed by atoms with Crippen LogP contribution < -0.4 is 0 Å². The van der Waals surface area contributed by atoms with Gasteiger partial charge in [0.15, 0.2) is 0 Å². The molecule has 0 heterocycles. The summed E-state index contributed by atoms with van der Waals surface area (Å²) >= 11 is 0. The highest BCUT2D eigenvalue weighted by Crippen LogP contribution is 2.43. The van der Waals surface area contributed by atoms with Crippen molar-refractivity contribution in [3.8, 4) is 0 Å². The molecule has 0 radical (unpaired) electrons. The van der Waals surface area contributed by atoms with Crippen LogP contribution >= 0.6 is 7.82 Å². The number of phosphoric acid groups is 1. The summed E-state index contributed by atoms with van der Waals surface area (Å²) in [4.78, 5) is 22.6. The summed E-state index contributed by atoms with van der Waals surface area (Å²) < 4.78 is 33.4. The van der Waals surface area contributed by atoms with Crippen molar-refractivity contribution < 1.29 is 43.0 Å². The van der Waals surface area contributed by atoms with Crippen molar-refractivity contribution in [1.29, 1.82) is 0 Å². The minimum absolute atomic E-state index is 0.0187. The molecule has 0 fully saturated rings. The number of carbonyl (C=O) groups excluding carboxylic acids is 1. The van der Waals surface area contributed by atoms with E-state index in [1.165, 1.54) is 32.1 Å². The smallest absolute Gasteiger partial charge is 0.457 e. The molecule has 3 atom stereocenters. The number of esters is 1. The maximum Gasteiger partial charge on any atom is 0.472 e. The van der Waals surface area contributed by atoms with Gasteiger partial charge in [0.05, 0.1) is 26.4 Å². The molecule has 3 unspecified atom stereocenters. The molecule has 0 aromatic heterocycles. The zero-order chi connectivity index (χ0) is 43.9. The van der Waals surface area contributed by atoms with Crippen molar-refractivity contribution >= 4 is 13.8 Å². The van der Waals surface area contributed by atoms with Crippen molar-refractivity contribution in [3.05, 3.63) is 109 Å². The lowest BCUT2D eigenvalue weighted by molar-refractivity contribution is -0.154. The van der Waals surface area contributed by atoms with Crippen molar-refractivity contribution in [1.82, 2.24) is 0 Å². The molecule has 0 spiro atoms. The predicted octanol–water partition coefficient (Wildman–Crippen LogP) is 13.0. The summed E-state index contributed by atoms with van der Waals surface area (Å²) in [6.45, 7) is 3.18. The fraction of sp³-hybridized carbons (Fsp3) is 0.620. The third-order valence-electron chi connectivity index (χ3n) is 8.95. The number of aliphatic hydroxyl groups excluding tert-OH is 2. The summed E-state index contributed by atoms with van der Waals surface area (Å²) in [5.74, 6) is -0.431. The number of allylic oxidation sites excluding steroid dienone is 18. The third kappa shape index (κ3) is 44.7. The fourth-order valence-electron chi connectivity index (χ4n) is 5.55. The molecule has 0 aliphatic carbocycles. The summed E-state index contributed by atoms with van der Waals surface area (Å²) in [7, 11) is -4.54. The molecule has 0 amide bonds. The first-order chi connectivity index (χ1) is 29.3. The van der Waals surface area contributed by atoms with E-state index < -0.39 is 45.8 Å². The van der Waals surface area contributed by atoms with Gasteiger partial charge >= 0.3 is 13.8 Å². The molecule has 0 saturated heterocycles. The molecule has 9 nitrogen and oxygen atoms in total. The standard InChI is InChI=1S/C50H83O9P/c1-3-5-7-9-11-13-15-17-19-20-21-22-23-24-25-26-27-29-31-33-35-37-39-41-43-56-46-49(47-58-60(54,55)57-45-48(52)44-51)59-50(53)42-40-38-36-34-32-30-28-18-16-14-12-10-8-6-4-2/h5-8,11-14,17-19,21-22,24-25,28,32,34,48-49,51-52H,3-4,9-10,15-16,20,23,26-27,29-31,33,35-47H2,1-2H3,(H,54,55)/b7-5-,8-6-,13-11-,14-12-,19-17-,22-21-,25-24-,28-18-,34-32-. The van der Waals surface area contributed by atoms with Gasteiger partial charge in [0.25, 0.3) is 0 Å². The van der Waals surface area contributed by atoms with E-state index in [-0.39, 0.29) is 13.0 Å². The van der Waals surface area contributed by atoms with Crippen LogP contribution in [0.2, 0.25) is 0 Å². The maximum absolute atomic E-state index is 12.6. The number of carbonyl (C=O) groups is 1. The van der Waals surface area contributed by atoms with Gasteiger partial charge in [-0.15, -0.1) is 0 Å². The number of ether oxygens (including phenoxy) is 2. The fourth-order valence-corrected chi connectivity index (χ4v) is 6.34. The molecule has 0 aliphatic rings. The highest BCUT2D eigenvalue weighted by atomic mass is 31.2. The first kappa shape index (κ1) is 57.1. The first-order valence-electron chi connectivity index (χ1n) is 22.9. The Labute approximate surface area is 365 Å². The first-order valence-corrected chi connectivity index (χ1v) is 24.4. The molecule has 0 aromatic rings. The lowest BCUT2D eigenvalue weighted by Crippen LogP contribution is -2.29. The van der Waals surface area contributed by atoms with E-state index in [1.54, 1.807) is 0 Å². The quantitative estimate of drug-likeness (QED) is 0.0238. The van der Waals surface area contributed by atoms with Crippen molar-refractivity contribution in [2.45, 2.75) is 167 Å². The van der Waals surface area contributed by atoms with Crippen LogP contribution in [0.15, 0.2) is 109 Å². The number of hydrogen-bond donors (Lipinski definition) is 3. The average Bonchev–Trinajstić information content (AvgIpc) is 3.24. The van der Waals surface area contributed by atoms with Gasteiger partial charge in [-0.2, -0.15) is 0 Å². The van der Waals surface area contributed by atoms with E-state index in [9.17, 15) is 19.4 Å². The number of unbranched alkanes of at least 4 members (excludes halogenated alkanes) is 10. The minimum atomic E-state index is -4.54. The van der Waals surface area contributed by atoms with E-state index in [4.69, 9.17) is 23.6 Å². The Bertz CT molecular complexity index is 1290. The summed E-state index contributed by atoms with van der Waals surface area (Å²) in [6, 6.07) is 0. The largest absolute Gasteiger partial charge is 0.472 e. The Hall–Kier alpha value is -2.88. The van der Waals surface area contributed by atoms with Crippen LogP contribution in [-0.2, 0) is 27.9 Å². The van der Waals surface area contributed by atoms with Crippen LogP contribution in [0.25, 0.3) is 0 Å². The van der Waals surface area contributed by atoms with Gasteiger partial charge < -0.3 is 24.6 Å². The van der Waals surface area contributed by atoms with Crippen LogP contribution in [0.1, 0.15) is 155 Å². The second-order valence-electron chi connectivity index (χ2n) is 14.7. The molecule has 3 N–H and O–H groups in total. The molecule has 0 bridgehead atoms. The molecule has 0 rings (SSSR count). The van der Waals surface area contributed by atoms with Crippen LogP contribution in [0.3, 0.4) is 0 Å². The van der Waals surface area contributed by atoms with Crippen molar-refractivity contribution in [2.75, 3.05) is 33.0 Å². The lowest BCUT2D eigenvalue weighted by Gasteiger charge is -2.20. The Morgan fingerprint density at radius 3 is 1.35 bits per heavy atom. The van der Waals surface area contributed by atoms with Gasteiger partial charge in [-0.1, -0.05) is 162 Å².